The zero-order valence-electron chi connectivity index (χ0n) is 8.66. The molecule has 0 saturated carbocycles. The molecule has 0 radical (unpaired) electrons. The number of aliphatic hydroxyl groups is 1. The second-order valence-corrected chi connectivity index (χ2v) is 4.17. The van der Waals surface area contributed by atoms with E-state index in [9.17, 15) is 9.90 Å². The molecule has 0 aromatic heterocycles. The van der Waals surface area contributed by atoms with E-state index in [1.807, 2.05) is 0 Å². The molecule has 0 saturated heterocycles. The molecule has 0 amide bonds. The lowest BCUT2D eigenvalue weighted by molar-refractivity contribution is -0.150. The molecule has 1 rings (SSSR count). The molecule has 0 aliphatic carbocycles. The van der Waals surface area contributed by atoms with E-state index >= 15 is 0 Å². The zero-order chi connectivity index (χ0) is 12.3. The highest BCUT2D eigenvalue weighted by molar-refractivity contribution is 9.10. The molecule has 6 heteroatoms. The maximum absolute atomic E-state index is 11.2. The number of aliphatic hydroxyl groups excluding tert-OH is 1. The summed E-state index contributed by atoms with van der Waals surface area (Å²) < 4.78 is 9.95. The Kier molecular flexibility index (Phi) is 4.58. The van der Waals surface area contributed by atoms with Gasteiger partial charge in [-0.15, -0.1) is 0 Å². The van der Waals surface area contributed by atoms with Gasteiger partial charge in [0.2, 0.25) is 0 Å². The quantitative estimate of drug-likeness (QED) is 0.871. The van der Waals surface area contributed by atoms with E-state index in [0.29, 0.717) is 20.8 Å². The lowest BCUT2D eigenvalue weighted by atomic mass is 10.1. The number of ether oxygens (including phenoxy) is 2. The number of hydrogen-bond donors (Lipinski definition) is 1. The van der Waals surface area contributed by atoms with Crippen molar-refractivity contribution < 1.29 is 19.4 Å². The van der Waals surface area contributed by atoms with Crippen LogP contribution in [0.4, 0.5) is 0 Å². The van der Waals surface area contributed by atoms with Crippen molar-refractivity contribution in [3.63, 3.8) is 0 Å². The van der Waals surface area contributed by atoms with Crippen molar-refractivity contribution in [2.75, 3.05) is 14.2 Å². The van der Waals surface area contributed by atoms with Gasteiger partial charge in [-0.1, -0.05) is 11.6 Å². The number of benzene rings is 1. The van der Waals surface area contributed by atoms with E-state index in [1.54, 1.807) is 6.07 Å². The average Bonchev–Trinajstić information content (AvgIpc) is 2.29. The Morgan fingerprint density at radius 3 is 2.62 bits per heavy atom. The summed E-state index contributed by atoms with van der Waals surface area (Å²) in [5, 5.41) is 10.1. The van der Waals surface area contributed by atoms with Gasteiger partial charge < -0.3 is 14.6 Å². The van der Waals surface area contributed by atoms with Crippen molar-refractivity contribution in [1.29, 1.82) is 0 Å². The van der Waals surface area contributed by atoms with Crippen LogP contribution in [0.15, 0.2) is 16.6 Å². The summed E-state index contributed by atoms with van der Waals surface area (Å²) in [6.07, 6.45) is -1.40. The van der Waals surface area contributed by atoms with Crippen LogP contribution in [0.5, 0.6) is 5.75 Å². The third-order valence-electron chi connectivity index (χ3n) is 1.97. The SMILES string of the molecule is COC(=O)C(O)c1cc(Cl)cc(OC)c1Br. The first-order chi connectivity index (χ1) is 7.51. The smallest absolute Gasteiger partial charge is 0.339 e. The number of carbonyl (C=O) groups excluding carboxylic acids is 1. The maximum Gasteiger partial charge on any atom is 0.339 e. The molecule has 0 spiro atoms. The summed E-state index contributed by atoms with van der Waals surface area (Å²) >= 11 is 9.05. The highest BCUT2D eigenvalue weighted by Gasteiger charge is 2.23. The predicted molar refractivity (Wildman–Crippen MR) is 62.7 cm³/mol. The average molecular weight is 310 g/mol. The van der Waals surface area contributed by atoms with Gasteiger partial charge in [-0.25, -0.2) is 4.79 Å². The molecule has 4 nitrogen and oxygen atoms in total. The van der Waals surface area contributed by atoms with Crippen LogP contribution in [0.25, 0.3) is 0 Å². The van der Waals surface area contributed by atoms with E-state index in [4.69, 9.17) is 16.3 Å². The highest BCUT2D eigenvalue weighted by Crippen LogP contribution is 2.35. The summed E-state index contributed by atoms with van der Waals surface area (Å²) in [6, 6.07) is 3.04. The fourth-order valence-corrected chi connectivity index (χ4v) is 1.99. The van der Waals surface area contributed by atoms with Crippen LogP contribution in [0.1, 0.15) is 11.7 Å². The third-order valence-corrected chi connectivity index (χ3v) is 3.04. The standard InChI is InChI=1S/C10H10BrClO4/c1-15-7-4-5(12)3-6(8(7)11)9(13)10(14)16-2/h3-4,9,13H,1-2H3. The van der Waals surface area contributed by atoms with Gasteiger partial charge in [-0.2, -0.15) is 0 Å². The van der Waals surface area contributed by atoms with Crippen molar-refractivity contribution in [1.82, 2.24) is 0 Å². The van der Waals surface area contributed by atoms with Gasteiger partial charge in [-0.05, 0) is 28.1 Å². The fourth-order valence-electron chi connectivity index (χ4n) is 1.17. The van der Waals surface area contributed by atoms with Gasteiger partial charge in [0.25, 0.3) is 0 Å². The van der Waals surface area contributed by atoms with Crippen LogP contribution in [-0.2, 0) is 9.53 Å². The summed E-state index contributed by atoms with van der Waals surface area (Å²) in [6.45, 7) is 0. The van der Waals surface area contributed by atoms with E-state index < -0.39 is 12.1 Å². The number of halogens is 2. The van der Waals surface area contributed by atoms with Crippen LogP contribution in [0.3, 0.4) is 0 Å². The van der Waals surface area contributed by atoms with Crippen LogP contribution in [0, 0.1) is 0 Å². The fraction of sp³-hybridized carbons (Fsp3) is 0.300. The lowest BCUT2D eigenvalue weighted by Gasteiger charge is -2.13. The van der Waals surface area contributed by atoms with Crippen molar-refractivity contribution in [2.24, 2.45) is 0 Å². The molecule has 0 heterocycles. The van der Waals surface area contributed by atoms with Crippen LogP contribution in [-0.4, -0.2) is 25.3 Å². The van der Waals surface area contributed by atoms with Crippen LogP contribution >= 0.6 is 27.5 Å². The Balaban J connectivity index is 3.22. The van der Waals surface area contributed by atoms with E-state index in [-0.39, 0.29) is 0 Å². The van der Waals surface area contributed by atoms with E-state index in [0.717, 1.165) is 0 Å². The second kappa shape index (κ2) is 5.52. The molecule has 0 aliphatic heterocycles. The Bertz CT molecular complexity index is 408. The Morgan fingerprint density at radius 2 is 2.12 bits per heavy atom. The second-order valence-electron chi connectivity index (χ2n) is 2.94. The van der Waals surface area contributed by atoms with Gasteiger partial charge in [0.05, 0.1) is 18.7 Å². The normalized spacial score (nSPS) is 12.1. The van der Waals surface area contributed by atoms with Gasteiger partial charge >= 0.3 is 5.97 Å². The number of carbonyl (C=O) groups is 1. The molecular formula is C10H10BrClO4. The van der Waals surface area contributed by atoms with Crippen LogP contribution in [0.2, 0.25) is 5.02 Å². The van der Waals surface area contributed by atoms with E-state index in [2.05, 4.69) is 20.7 Å². The number of methoxy groups -OCH3 is 2. The van der Waals surface area contributed by atoms with Crippen molar-refractivity contribution >= 4 is 33.5 Å². The molecule has 16 heavy (non-hydrogen) atoms. The minimum atomic E-state index is -1.40. The van der Waals surface area contributed by atoms with Gasteiger partial charge in [0.15, 0.2) is 6.10 Å². The predicted octanol–water partition coefficient (Wildman–Crippen LogP) is 2.32. The van der Waals surface area contributed by atoms with Gasteiger partial charge in [0, 0.05) is 10.6 Å². The minimum Gasteiger partial charge on any atom is -0.496 e. The van der Waals surface area contributed by atoms with Gasteiger partial charge in [-0.3, -0.25) is 0 Å². The number of esters is 1. The molecule has 1 atom stereocenters. The zero-order valence-corrected chi connectivity index (χ0v) is 11.0. The molecule has 1 aromatic carbocycles. The summed E-state index contributed by atoms with van der Waals surface area (Å²) in [5.41, 5.74) is 0.302. The minimum absolute atomic E-state index is 0.302. The van der Waals surface area contributed by atoms with E-state index in [1.165, 1.54) is 20.3 Å². The van der Waals surface area contributed by atoms with Crippen molar-refractivity contribution in [2.45, 2.75) is 6.10 Å². The molecule has 0 fully saturated rings. The Morgan fingerprint density at radius 1 is 1.50 bits per heavy atom. The molecule has 1 N–H and O–H groups in total. The molecule has 0 aliphatic rings. The number of hydrogen-bond acceptors (Lipinski definition) is 4. The topological polar surface area (TPSA) is 55.8 Å². The molecule has 0 bridgehead atoms. The largest absolute Gasteiger partial charge is 0.496 e. The van der Waals surface area contributed by atoms with Crippen molar-refractivity contribution in [3.8, 4) is 5.75 Å². The Hall–Kier alpha value is -0.780. The molecule has 1 aromatic rings. The third kappa shape index (κ3) is 2.66. The number of rotatable bonds is 3. The molecular weight excluding hydrogens is 299 g/mol. The lowest BCUT2D eigenvalue weighted by Crippen LogP contribution is -2.14. The molecule has 88 valence electrons. The van der Waals surface area contributed by atoms with Gasteiger partial charge in [0.1, 0.15) is 5.75 Å². The van der Waals surface area contributed by atoms with Crippen molar-refractivity contribution in [3.05, 3.63) is 27.2 Å². The van der Waals surface area contributed by atoms with Crippen LogP contribution < -0.4 is 4.74 Å². The first kappa shape index (κ1) is 13.3. The summed E-state index contributed by atoms with van der Waals surface area (Å²) in [7, 11) is 2.66. The summed E-state index contributed by atoms with van der Waals surface area (Å²) in [5.74, 6) is -0.324. The first-order valence-electron chi connectivity index (χ1n) is 4.30. The highest BCUT2D eigenvalue weighted by atomic mass is 79.9. The monoisotopic (exact) mass is 308 g/mol. The Labute approximate surface area is 106 Å². The summed E-state index contributed by atoms with van der Waals surface area (Å²) in [4.78, 5) is 11.2. The first-order valence-corrected chi connectivity index (χ1v) is 5.47. The maximum atomic E-state index is 11.2. The molecule has 1 unspecified atom stereocenters.